The van der Waals surface area contributed by atoms with E-state index in [-0.39, 0.29) is 11.8 Å². The third-order valence-electron chi connectivity index (χ3n) is 4.61. The van der Waals surface area contributed by atoms with Gasteiger partial charge in [-0.3, -0.25) is 4.98 Å². The summed E-state index contributed by atoms with van der Waals surface area (Å²) in [5.41, 5.74) is 0.649. The first-order valence-corrected chi connectivity index (χ1v) is 7.93. The maximum Gasteiger partial charge on any atom is 0.317 e. The average Bonchev–Trinajstić information content (AvgIpc) is 2.71. The molecule has 0 spiro atoms. The fourth-order valence-electron chi connectivity index (χ4n) is 3.01. The van der Waals surface area contributed by atoms with Gasteiger partial charge in [0, 0.05) is 19.0 Å². The molecule has 2 amide bonds. The van der Waals surface area contributed by atoms with Gasteiger partial charge >= 0.3 is 6.03 Å². The summed E-state index contributed by atoms with van der Waals surface area (Å²) < 4.78 is 18.5. The van der Waals surface area contributed by atoms with E-state index in [9.17, 15) is 9.18 Å². The number of urea groups is 1. The predicted octanol–water partition coefficient (Wildman–Crippen LogP) is 2.18. The second kappa shape index (κ2) is 7.05. The zero-order valence-corrected chi connectivity index (χ0v) is 12.6. The SMILES string of the molecule is O=C(NCc1ccc(F)cn1)N1CCOCC(C2CCC2)C1. The van der Waals surface area contributed by atoms with Crippen LogP contribution < -0.4 is 5.32 Å². The van der Waals surface area contributed by atoms with Crippen molar-refractivity contribution in [3.63, 3.8) is 0 Å². The molecule has 0 radical (unpaired) electrons. The van der Waals surface area contributed by atoms with E-state index in [2.05, 4.69) is 10.3 Å². The third kappa shape index (κ3) is 3.74. The third-order valence-corrected chi connectivity index (χ3v) is 4.61. The molecule has 1 saturated heterocycles. The predicted molar refractivity (Wildman–Crippen MR) is 79.7 cm³/mol. The molecule has 1 aromatic rings. The first-order valence-electron chi connectivity index (χ1n) is 7.93. The lowest BCUT2D eigenvalue weighted by Gasteiger charge is -2.34. The molecular formula is C16H22FN3O2. The van der Waals surface area contributed by atoms with E-state index < -0.39 is 0 Å². The van der Waals surface area contributed by atoms with E-state index in [1.807, 2.05) is 4.90 Å². The van der Waals surface area contributed by atoms with Crippen LogP contribution in [0.4, 0.5) is 9.18 Å². The van der Waals surface area contributed by atoms with Crippen molar-refractivity contribution in [3.8, 4) is 0 Å². The highest BCUT2D eigenvalue weighted by Gasteiger charge is 2.31. The Balaban J connectivity index is 1.52. The molecule has 2 heterocycles. The van der Waals surface area contributed by atoms with Crippen LogP contribution in [-0.2, 0) is 11.3 Å². The number of amides is 2. The summed E-state index contributed by atoms with van der Waals surface area (Å²) in [6, 6.07) is 2.83. The van der Waals surface area contributed by atoms with Crippen LogP contribution in [0.25, 0.3) is 0 Å². The van der Waals surface area contributed by atoms with E-state index in [4.69, 9.17) is 4.74 Å². The number of rotatable bonds is 3. The quantitative estimate of drug-likeness (QED) is 0.931. The summed E-state index contributed by atoms with van der Waals surface area (Å²) in [6.45, 7) is 3.03. The zero-order valence-electron chi connectivity index (χ0n) is 12.6. The molecule has 1 saturated carbocycles. The summed E-state index contributed by atoms with van der Waals surface area (Å²) in [5, 5.41) is 2.86. The van der Waals surface area contributed by atoms with Gasteiger partial charge in [0.05, 0.1) is 31.6 Å². The number of halogens is 1. The van der Waals surface area contributed by atoms with Crippen LogP contribution in [0.2, 0.25) is 0 Å². The van der Waals surface area contributed by atoms with E-state index in [1.165, 1.54) is 25.3 Å². The number of nitrogens with one attached hydrogen (secondary N) is 1. The molecule has 120 valence electrons. The number of nitrogens with zero attached hydrogens (tertiary/aromatic N) is 2. The second-order valence-electron chi connectivity index (χ2n) is 6.10. The largest absolute Gasteiger partial charge is 0.379 e. The van der Waals surface area contributed by atoms with Crippen molar-refractivity contribution in [2.75, 3.05) is 26.3 Å². The lowest BCUT2D eigenvalue weighted by molar-refractivity contribution is 0.0775. The van der Waals surface area contributed by atoms with Gasteiger partial charge < -0.3 is 15.0 Å². The van der Waals surface area contributed by atoms with Gasteiger partial charge in [0.1, 0.15) is 5.82 Å². The van der Waals surface area contributed by atoms with Crippen molar-refractivity contribution in [1.29, 1.82) is 0 Å². The lowest BCUT2D eigenvalue weighted by atomic mass is 9.76. The van der Waals surface area contributed by atoms with Crippen molar-refractivity contribution < 1.29 is 13.9 Å². The number of hydrogen-bond acceptors (Lipinski definition) is 3. The molecule has 1 N–H and O–H groups in total. The Morgan fingerprint density at radius 1 is 1.41 bits per heavy atom. The molecule has 1 aliphatic heterocycles. The number of pyridine rings is 1. The fourth-order valence-corrected chi connectivity index (χ4v) is 3.01. The number of carbonyl (C=O) groups is 1. The molecular weight excluding hydrogens is 285 g/mol. The molecule has 2 aliphatic rings. The van der Waals surface area contributed by atoms with Crippen LogP contribution in [0, 0.1) is 17.7 Å². The molecule has 6 heteroatoms. The summed E-state index contributed by atoms with van der Waals surface area (Å²) in [4.78, 5) is 18.1. The molecule has 3 rings (SSSR count). The summed E-state index contributed by atoms with van der Waals surface area (Å²) in [7, 11) is 0. The molecule has 2 fully saturated rings. The Bertz CT molecular complexity index is 505. The first-order chi connectivity index (χ1) is 10.7. The summed E-state index contributed by atoms with van der Waals surface area (Å²) in [6.07, 6.45) is 4.96. The number of aromatic nitrogens is 1. The standard InChI is InChI=1S/C16H22FN3O2/c17-14-4-5-15(18-8-14)9-19-16(21)20-6-7-22-11-13(10-20)12-2-1-3-12/h4-5,8,12-13H,1-3,6-7,9-11H2,(H,19,21). The van der Waals surface area contributed by atoms with Crippen molar-refractivity contribution in [1.82, 2.24) is 15.2 Å². The molecule has 22 heavy (non-hydrogen) atoms. The van der Waals surface area contributed by atoms with Crippen molar-refractivity contribution >= 4 is 6.03 Å². The van der Waals surface area contributed by atoms with Crippen molar-refractivity contribution in [2.45, 2.75) is 25.8 Å². The van der Waals surface area contributed by atoms with Gasteiger partial charge in [0.2, 0.25) is 0 Å². The molecule has 1 aromatic heterocycles. The smallest absolute Gasteiger partial charge is 0.317 e. The topological polar surface area (TPSA) is 54.5 Å². The Hall–Kier alpha value is -1.69. The minimum absolute atomic E-state index is 0.0963. The normalized spacial score (nSPS) is 22.8. The highest BCUT2D eigenvalue weighted by molar-refractivity contribution is 5.74. The summed E-state index contributed by atoms with van der Waals surface area (Å²) in [5.74, 6) is 0.779. The van der Waals surface area contributed by atoms with E-state index in [1.54, 1.807) is 6.07 Å². The maximum absolute atomic E-state index is 12.8. The monoisotopic (exact) mass is 307 g/mol. The summed E-state index contributed by atoms with van der Waals surface area (Å²) >= 11 is 0. The van der Waals surface area contributed by atoms with Gasteiger partial charge in [-0.15, -0.1) is 0 Å². The van der Waals surface area contributed by atoms with E-state index >= 15 is 0 Å². The zero-order chi connectivity index (χ0) is 15.4. The average molecular weight is 307 g/mol. The fraction of sp³-hybridized carbons (Fsp3) is 0.625. The van der Waals surface area contributed by atoms with Crippen LogP contribution in [-0.4, -0.2) is 42.2 Å². The van der Waals surface area contributed by atoms with Crippen LogP contribution >= 0.6 is 0 Å². The second-order valence-corrected chi connectivity index (χ2v) is 6.10. The maximum atomic E-state index is 12.8. The molecule has 5 nitrogen and oxygen atoms in total. The van der Waals surface area contributed by atoms with Gasteiger partial charge in [-0.25, -0.2) is 9.18 Å². The lowest BCUT2D eigenvalue weighted by Crippen LogP contribution is -2.44. The Morgan fingerprint density at radius 2 is 2.27 bits per heavy atom. The van der Waals surface area contributed by atoms with Crippen molar-refractivity contribution in [2.24, 2.45) is 11.8 Å². The molecule has 0 bridgehead atoms. The van der Waals surface area contributed by atoms with Gasteiger partial charge in [-0.2, -0.15) is 0 Å². The highest BCUT2D eigenvalue weighted by Crippen LogP contribution is 2.34. The molecule has 0 aromatic carbocycles. The Kier molecular flexibility index (Phi) is 4.87. The van der Waals surface area contributed by atoms with E-state index in [0.717, 1.165) is 19.3 Å². The molecule has 1 unspecified atom stereocenters. The number of ether oxygens (including phenoxy) is 1. The molecule has 1 aliphatic carbocycles. The van der Waals surface area contributed by atoms with Gasteiger partial charge in [-0.1, -0.05) is 19.3 Å². The first kappa shape index (κ1) is 15.2. The van der Waals surface area contributed by atoms with Crippen LogP contribution in [0.3, 0.4) is 0 Å². The Labute approximate surface area is 129 Å². The van der Waals surface area contributed by atoms with Crippen molar-refractivity contribution in [3.05, 3.63) is 29.8 Å². The van der Waals surface area contributed by atoms with Gasteiger partial charge in [0.25, 0.3) is 0 Å². The van der Waals surface area contributed by atoms with Gasteiger partial charge in [0.15, 0.2) is 0 Å². The minimum atomic E-state index is -0.372. The van der Waals surface area contributed by atoms with Crippen LogP contribution in [0.15, 0.2) is 18.3 Å². The van der Waals surface area contributed by atoms with Gasteiger partial charge in [-0.05, 0) is 18.1 Å². The van der Waals surface area contributed by atoms with Crippen LogP contribution in [0.5, 0.6) is 0 Å². The highest BCUT2D eigenvalue weighted by atomic mass is 19.1. The Morgan fingerprint density at radius 3 is 2.95 bits per heavy atom. The van der Waals surface area contributed by atoms with E-state index in [0.29, 0.717) is 37.2 Å². The van der Waals surface area contributed by atoms with Crippen LogP contribution in [0.1, 0.15) is 25.0 Å². The number of hydrogen-bond donors (Lipinski definition) is 1. The minimum Gasteiger partial charge on any atom is -0.379 e. The number of carbonyl (C=O) groups excluding carboxylic acids is 1. The molecule has 1 atom stereocenters.